The van der Waals surface area contributed by atoms with Crippen molar-refractivity contribution in [2.24, 2.45) is 0 Å². The Bertz CT molecular complexity index is 3620. The third-order valence-electron chi connectivity index (χ3n) is 13.0. The van der Waals surface area contributed by atoms with Crippen LogP contribution in [-0.4, -0.2) is 4.57 Å². The SMILES string of the molecule is c1ccc(-c2ccc(-c3ccccc3N(c3ccc(-c4cccc(-c5ccccc5-n5c6ccccc6c6ccccc65)c4)cc3)c3ccc(-c4cccc5ccccc45)cc3)cc2)cc1. The average molecular weight is 841 g/mol. The number of rotatable bonds is 9. The van der Waals surface area contributed by atoms with Gasteiger partial charge in [-0.25, -0.2) is 0 Å². The maximum Gasteiger partial charge on any atom is 0.0541 e. The Kier molecular flexibility index (Phi) is 9.89. The van der Waals surface area contributed by atoms with Gasteiger partial charge in [-0.15, -0.1) is 0 Å². The molecule has 0 fully saturated rings. The third-order valence-corrected chi connectivity index (χ3v) is 13.0. The monoisotopic (exact) mass is 840 g/mol. The van der Waals surface area contributed by atoms with Crippen LogP contribution in [0.3, 0.4) is 0 Å². The summed E-state index contributed by atoms with van der Waals surface area (Å²) in [6.45, 7) is 0. The van der Waals surface area contributed by atoms with E-state index in [1.165, 1.54) is 71.5 Å². The predicted octanol–water partition coefficient (Wildman–Crippen LogP) is 17.7. The molecule has 0 spiro atoms. The summed E-state index contributed by atoms with van der Waals surface area (Å²) in [5, 5.41) is 5.01. The molecule has 0 saturated heterocycles. The predicted molar refractivity (Wildman–Crippen MR) is 280 cm³/mol. The highest BCUT2D eigenvalue weighted by molar-refractivity contribution is 6.10. The zero-order valence-electron chi connectivity index (χ0n) is 36.3. The Hall–Kier alpha value is -8.72. The average Bonchev–Trinajstić information content (AvgIpc) is 3.74. The van der Waals surface area contributed by atoms with Crippen molar-refractivity contribution in [1.82, 2.24) is 4.57 Å². The van der Waals surface area contributed by atoms with Crippen molar-refractivity contribution >= 4 is 49.6 Å². The molecular formula is C64H44N2. The summed E-state index contributed by atoms with van der Waals surface area (Å²) in [6, 6.07) is 96.8. The second kappa shape index (κ2) is 16.8. The van der Waals surface area contributed by atoms with Gasteiger partial charge in [0, 0.05) is 33.3 Å². The molecule has 0 atom stereocenters. The molecule has 0 bridgehead atoms. The number of benzene rings is 11. The molecule has 2 nitrogen and oxygen atoms in total. The van der Waals surface area contributed by atoms with E-state index in [4.69, 9.17) is 0 Å². The zero-order valence-corrected chi connectivity index (χ0v) is 36.3. The molecule has 0 aliphatic carbocycles. The molecule has 66 heavy (non-hydrogen) atoms. The van der Waals surface area contributed by atoms with Crippen LogP contribution < -0.4 is 4.90 Å². The fourth-order valence-corrected chi connectivity index (χ4v) is 9.84. The highest BCUT2D eigenvalue weighted by Gasteiger charge is 2.19. The molecule has 0 aliphatic heterocycles. The van der Waals surface area contributed by atoms with E-state index in [-0.39, 0.29) is 0 Å². The molecular weight excluding hydrogens is 797 g/mol. The molecule has 310 valence electrons. The summed E-state index contributed by atoms with van der Waals surface area (Å²) in [5.41, 5.74) is 18.7. The Labute approximate surface area is 385 Å². The lowest BCUT2D eigenvalue weighted by atomic mass is 9.96. The van der Waals surface area contributed by atoms with Gasteiger partial charge in [-0.3, -0.25) is 0 Å². The lowest BCUT2D eigenvalue weighted by molar-refractivity contribution is 1.18. The minimum atomic E-state index is 1.08. The Morgan fingerprint density at radius 2 is 0.697 bits per heavy atom. The molecule has 0 N–H and O–H groups in total. The number of para-hydroxylation sites is 4. The third kappa shape index (κ3) is 7.02. The van der Waals surface area contributed by atoms with Gasteiger partial charge in [-0.1, -0.05) is 212 Å². The lowest BCUT2D eigenvalue weighted by Crippen LogP contribution is -2.11. The van der Waals surface area contributed by atoms with Gasteiger partial charge in [0.25, 0.3) is 0 Å². The van der Waals surface area contributed by atoms with Gasteiger partial charge in [0.15, 0.2) is 0 Å². The van der Waals surface area contributed by atoms with E-state index >= 15 is 0 Å². The Morgan fingerprint density at radius 1 is 0.258 bits per heavy atom. The van der Waals surface area contributed by atoms with Crippen molar-refractivity contribution in [3.63, 3.8) is 0 Å². The molecule has 1 aromatic heterocycles. The molecule has 0 radical (unpaired) electrons. The first kappa shape index (κ1) is 38.9. The number of hydrogen-bond acceptors (Lipinski definition) is 1. The van der Waals surface area contributed by atoms with Gasteiger partial charge < -0.3 is 9.47 Å². The molecule has 0 saturated carbocycles. The van der Waals surface area contributed by atoms with E-state index in [1.807, 2.05) is 0 Å². The number of hydrogen-bond donors (Lipinski definition) is 0. The summed E-state index contributed by atoms with van der Waals surface area (Å²) in [5.74, 6) is 0. The van der Waals surface area contributed by atoms with Crippen molar-refractivity contribution in [3.8, 4) is 61.3 Å². The van der Waals surface area contributed by atoms with Crippen molar-refractivity contribution < 1.29 is 0 Å². The molecule has 12 aromatic rings. The van der Waals surface area contributed by atoms with Gasteiger partial charge in [0.05, 0.1) is 22.4 Å². The summed E-state index contributed by atoms with van der Waals surface area (Å²) in [7, 11) is 0. The first-order valence-corrected chi connectivity index (χ1v) is 22.7. The minimum absolute atomic E-state index is 1.08. The minimum Gasteiger partial charge on any atom is -0.310 e. The van der Waals surface area contributed by atoms with Gasteiger partial charge in [0.2, 0.25) is 0 Å². The van der Waals surface area contributed by atoms with Crippen molar-refractivity contribution in [2.75, 3.05) is 4.90 Å². The largest absolute Gasteiger partial charge is 0.310 e. The van der Waals surface area contributed by atoms with Crippen molar-refractivity contribution in [3.05, 3.63) is 267 Å². The summed E-state index contributed by atoms with van der Waals surface area (Å²) < 4.78 is 2.42. The number of nitrogens with zero attached hydrogens (tertiary/aromatic N) is 2. The van der Waals surface area contributed by atoms with E-state index < -0.39 is 0 Å². The van der Waals surface area contributed by atoms with Gasteiger partial charge >= 0.3 is 0 Å². The van der Waals surface area contributed by atoms with E-state index in [0.29, 0.717) is 0 Å². The van der Waals surface area contributed by atoms with E-state index in [9.17, 15) is 0 Å². The summed E-state index contributed by atoms with van der Waals surface area (Å²) in [4.78, 5) is 2.40. The highest BCUT2D eigenvalue weighted by atomic mass is 15.1. The maximum absolute atomic E-state index is 2.42. The topological polar surface area (TPSA) is 8.17 Å². The zero-order chi connectivity index (χ0) is 43.8. The maximum atomic E-state index is 2.42. The van der Waals surface area contributed by atoms with Crippen LogP contribution >= 0.6 is 0 Å². The fraction of sp³-hybridized carbons (Fsp3) is 0. The number of fused-ring (bicyclic) bond motifs is 4. The van der Waals surface area contributed by atoms with Crippen LogP contribution in [0.2, 0.25) is 0 Å². The van der Waals surface area contributed by atoms with Crippen LogP contribution in [0.15, 0.2) is 267 Å². The molecule has 2 heteroatoms. The van der Waals surface area contributed by atoms with E-state index in [1.54, 1.807) is 0 Å². The summed E-state index contributed by atoms with van der Waals surface area (Å²) >= 11 is 0. The molecule has 12 rings (SSSR count). The second-order valence-electron chi connectivity index (χ2n) is 16.9. The fourth-order valence-electron chi connectivity index (χ4n) is 9.84. The van der Waals surface area contributed by atoms with Gasteiger partial charge in [0.1, 0.15) is 0 Å². The highest BCUT2D eigenvalue weighted by Crippen LogP contribution is 2.43. The molecule has 0 amide bonds. The standard InChI is InChI=1S/C64H44N2/c1-2-16-45(17-3-1)46-32-34-50(35-33-46)57-23-6-10-28-61(57)65(54-42-38-49(39-43-54)56-27-15-19-48-18-4-5-22-55(48)56)53-40-36-47(37-41-53)51-20-14-21-52(44-51)58-24-7-11-29-62(58)66-63-30-12-8-25-59(63)60-26-9-13-31-64(60)66/h1-44H. The van der Waals surface area contributed by atoms with Crippen molar-refractivity contribution in [1.29, 1.82) is 0 Å². The van der Waals surface area contributed by atoms with Crippen LogP contribution in [-0.2, 0) is 0 Å². The molecule has 1 heterocycles. The quantitative estimate of drug-likeness (QED) is 0.141. The van der Waals surface area contributed by atoms with Gasteiger partial charge in [-0.05, 0) is 110 Å². The second-order valence-corrected chi connectivity index (χ2v) is 16.9. The van der Waals surface area contributed by atoms with Crippen LogP contribution in [0.5, 0.6) is 0 Å². The molecule has 11 aromatic carbocycles. The first-order valence-electron chi connectivity index (χ1n) is 22.7. The van der Waals surface area contributed by atoms with E-state index in [0.717, 1.165) is 39.4 Å². The Balaban J connectivity index is 0.936. The molecule has 0 aliphatic rings. The lowest BCUT2D eigenvalue weighted by Gasteiger charge is -2.28. The van der Waals surface area contributed by atoms with Crippen molar-refractivity contribution in [2.45, 2.75) is 0 Å². The number of anilines is 3. The molecule has 0 unspecified atom stereocenters. The smallest absolute Gasteiger partial charge is 0.0541 e. The van der Waals surface area contributed by atoms with Crippen LogP contribution in [0.1, 0.15) is 0 Å². The van der Waals surface area contributed by atoms with Crippen LogP contribution in [0.25, 0.3) is 93.9 Å². The summed E-state index contributed by atoms with van der Waals surface area (Å²) in [6.07, 6.45) is 0. The van der Waals surface area contributed by atoms with Crippen LogP contribution in [0.4, 0.5) is 17.1 Å². The number of aromatic nitrogens is 1. The Morgan fingerprint density at radius 3 is 1.42 bits per heavy atom. The van der Waals surface area contributed by atoms with Gasteiger partial charge in [-0.2, -0.15) is 0 Å². The van der Waals surface area contributed by atoms with E-state index in [2.05, 4.69) is 276 Å². The van der Waals surface area contributed by atoms with Crippen LogP contribution in [0, 0.1) is 0 Å². The normalized spacial score (nSPS) is 11.3. The first-order chi connectivity index (χ1) is 32.7.